The first-order valence-corrected chi connectivity index (χ1v) is 5.44. The summed E-state index contributed by atoms with van der Waals surface area (Å²) in [7, 11) is 0. The second kappa shape index (κ2) is 4.65. The van der Waals surface area contributed by atoms with E-state index in [4.69, 9.17) is 69.6 Å². The lowest BCUT2D eigenvalue weighted by Gasteiger charge is -2.10. The van der Waals surface area contributed by atoms with Crippen LogP contribution in [0, 0.1) is 0 Å². The second-order valence-electron chi connectivity index (χ2n) is 2.18. The topological polar surface area (TPSA) is 0 Å². The Balaban J connectivity index is 3.46. The molecule has 72 valence electrons. The lowest BCUT2D eigenvalue weighted by molar-refractivity contribution is 1.35. The zero-order valence-electron chi connectivity index (χ0n) is 5.92. The molecule has 13 heavy (non-hydrogen) atoms. The van der Waals surface area contributed by atoms with Gasteiger partial charge in [-0.2, -0.15) is 0 Å². The lowest BCUT2D eigenvalue weighted by atomic mass is 10.2. The molecule has 6 heteroatoms. The fourth-order valence-electron chi connectivity index (χ4n) is 0.783. The third kappa shape index (κ3) is 2.50. The van der Waals surface area contributed by atoms with E-state index in [9.17, 15) is 0 Å². The fourth-order valence-corrected chi connectivity index (χ4v) is 2.49. The van der Waals surface area contributed by atoms with Crippen molar-refractivity contribution >= 4 is 69.6 Å². The van der Waals surface area contributed by atoms with E-state index in [1.807, 2.05) is 0 Å². The lowest BCUT2D eigenvalue weighted by Crippen LogP contribution is -1.88. The third-order valence-corrected chi connectivity index (χ3v) is 3.40. The minimum Gasteiger partial charge on any atom is -0.0999 e. The van der Waals surface area contributed by atoms with Gasteiger partial charge in [-0.15, -0.1) is 0 Å². The summed E-state index contributed by atoms with van der Waals surface area (Å²) >= 11 is 34.4. The molecule has 0 bridgehead atoms. The van der Waals surface area contributed by atoms with Crippen molar-refractivity contribution in [3.05, 3.63) is 31.7 Å². The van der Waals surface area contributed by atoms with E-state index in [1.54, 1.807) is 0 Å². The summed E-state index contributed by atoms with van der Waals surface area (Å²) in [5.74, 6) is 0. The van der Waals surface area contributed by atoms with Crippen molar-refractivity contribution in [2.45, 2.75) is 4.84 Å². The van der Waals surface area contributed by atoms with Crippen LogP contribution in [0.2, 0.25) is 20.1 Å². The van der Waals surface area contributed by atoms with E-state index < -0.39 is 4.84 Å². The van der Waals surface area contributed by atoms with Crippen molar-refractivity contribution in [2.24, 2.45) is 0 Å². The van der Waals surface area contributed by atoms with Gasteiger partial charge in [0, 0.05) is 5.56 Å². The first-order chi connectivity index (χ1) is 5.95. The smallest absolute Gasteiger partial charge is 0.0999 e. The summed E-state index contributed by atoms with van der Waals surface area (Å²) in [5, 5.41) is 1.01. The average Bonchev–Trinajstić information content (AvgIpc) is 2.01. The summed E-state index contributed by atoms with van der Waals surface area (Å²) in [6.45, 7) is 0. The molecule has 1 rings (SSSR count). The van der Waals surface area contributed by atoms with Crippen molar-refractivity contribution < 1.29 is 0 Å². The van der Waals surface area contributed by atoms with Gasteiger partial charge in [0.25, 0.3) is 0 Å². The van der Waals surface area contributed by atoms with Crippen LogP contribution in [-0.2, 0) is 0 Å². The normalized spacial score (nSPS) is 11.0. The molecule has 0 heterocycles. The summed E-state index contributed by atoms with van der Waals surface area (Å²) in [6.07, 6.45) is 0. The van der Waals surface area contributed by atoms with E-state index in [0.717, 1.165) is 0 Å². The average molecular weight is 299 g/mol. The van der Waals surface area contributed by atoms with Gasteiger partial charge >= 0.3 is 0 Å². The van der Waals surface area contributed by atoms with E-state index in [-0.39, 0.29) is 20.1 Å². The third-order valence-electron chi connectivity index (χ3n) is 1.36. The maximum atomic E-state index is 5.82. The van der Waals surface area contributed by atoms with Gasteiger partial charge in [-0.1, -0.05) is 69.6 Å². The Hall–Kier alpha value is 0.960. The van der Waals surface area contributed by atoms with E-state index in [1.165, 1.54) is 6.07 Å². The van der Waals surface area contributed by atoms with Gasteiger partial charge in [0.15, 0.2) is 0 Å². The van der Waals surface area contributed by atoms with Crippen LogP contribution in [0.5, 0.6) is 0 Å². The second-order valence-corrected chi connectivity index (χ2v) is 4.85. The Kier molecular flexibility index (Phi) is 4.31. The van der Waals surface area contributed by atoms with Crippen molar-refractivity contribution in [3.63, 3.8) is 0 Å². The van der Waals surface area contributed by atoms with Crippen molar-refractivity contribution in [3.8, 4) is 0 Å². The number of hydrogen-bond donors (Lipinski definition) is 0. The highest BCUT2D eigenvalue weighted by molar-refractivity contribution is 6.51. The molecule has 0 saturated carbocycles. The Labute approximate surface area is 106 Å². The maximum absolute atomic E-state index is 5.82. The first kappa shape index (κ1) is 12.0. The standard InChI is InChI=1S/C7H2Cl6/c8-2-1-3(9)6(11)4(5(2)10)7(12)13/h1,7H. The van der Waals surface area contributed by atoms with Crippen molar-refractivity contribution in [1.29, 1.82) is 0 Å². The van der Waals surface area contributed by atoms with Gasteiger partial charge in [0.05, 0.1) is 20.1 Å². The molecule has 0 aliphatic rings. The highest BCUT2D eigenvalue weighted by atomic mass is 35.5. The van der Waals surface area contributed by atoms with Gasteiger partial charge in [-0.25, -0.2) is 0 Å². The fraction of sp³-hybridized carbons (Fsp3) is 0.143. The SMILES string of the molecule is Clc1cc(Cl)c(Cl)c(C(Cl)Cl)c1Cl. The van der Waals surface area contributed by atoms with Gasteiger partial charge in [-0.05, 0) is 6.07 Å². The molecule has 0 aliphatic heterocycles. The van der Waals surface area contributed by atoms with Gasteiger partial charge in [-0.3, -0.25) is 0 Å². The quantitative estimate of drug-likeness (QED) is 0.455. The highest BCUT2D eigenvalue weighted by Crippen LogP contribution is 2.43. The van der Waals surface area contributed by atoms with Crippen LogP contribution in [0.3, 0.4) is 0 Å². The summed E-state index contributed by atoms with van der Waals surface area (Å²) < 4.78 is 0. The number of benzene rings is 1. The van der Waals surface area contributed by atoms with Gasteiger partial charge in [0.2, 0.25) is 0 Å². The van der Waals surface area contributed by atoms with Gasteiger partial charge in [0.1, 0.15) is 4.84 Å². The Morgan fingerprint density at radius 3 is 1.54 bits per heavy atom. The minimum atomic E-state index is -0.851. The summed E-state index contributed by atoms with van der Waals surface area (Å²) in [4.78, 5) is -0.851. The van der Waals surface area contributed by atoms with Crippen LogP contribution in [-0.4, -0.2) is 0 Å². The highest BCUT2D eigenvalue weighted by Gasteiger charge is 2.18. The minimum absolute atomic E-state index is 0.228. The molecular formula is C7H2Cl6. The molecule has 0 fully saturated rings. The van der Waals surface area contributed by atoms with Crippen molar-refractivity contribution in [1.82, 2.24) is 0 Å². The van der Waals surface area contributed by atoms with Crippen LogP contribution in [0.4, 0.5) is 0 Å². The monoisotopic (exact) mass is 296 g/mol. The van der Waals surface area contributed by atoms with E-state index in [0.29, 0.717) is 5.56 Å². The summed E-state index contributed by atoms with van der Waals surface area (Å²) in [5.41, 5.74) is 0.337. The van der Waals surface area contributed by atoms with Crippen molar-refractivity contribution in [2.75, 3.05) is 0 Å². The van der Waals surface area contributed by atoms with Gasteiger partial charge < -0.3 is 0 Å². The van der Waals surface area contributed by atoms with Crippen LogP contribution < -0.4 is 0 Å². The number of rotatable bonds is 1. The molecule has 0 amide bonds. The molecule has 0 N–H and O–H groups in total. The Morgan fingerprint density at radius 2 is 1.23 bits per heavy atom. The largest absolute Gasteiger partial charge is 0.135 e. The molecule has 0 spiro atoms. The van der Waals surface area contributed by atoms with Crippen LogP contribution in [0.15, 0.2) is 6.07 Å². The predicted octanol–water partition coefficient (Wildman–Crippen LogP) is 5.78. The number of halogens is 6. The molecule has 0 nitrogen and oxygen atoms in total. The summed E-state index contributed by atoms with van der Waals surface area (Å²) in [6, 6.07) is 1.44. The van der Waals surface area contributed by atoms with Crippen LogP contribution in [0.1, 0.15) is 10.4 Å². The number of hydrogen-bond acceptors (Lipinski definition) is 0. The molecular weight excluding hydrogens is 297 g/mol. The van der Waals surface area contributed by atoms with Crippen LogP contribution >= 0.6 is 69.6 Å². The number of alkyl halides is 2. The zero-order valence-corrected chi connectivity index (χ0v) is 10.5. The molecule has 1 aromatic carbocycles. The van der Waals surface area contributed by atoms with Crippen LogP contribution in [0.25, 0.3) is 0 Å². The molecule has 0 unspecified atom stereocenters. The molecule has 1 aromatic rings. The first-order valence-electron chi connectivity index (χ1n) is 3.06. The maximum Gasteiger partial charge on any atom is 0.135 e. The molecule has 0 aromatic heterocycles. The molecule has 0 radical (unpaired) electrons. The Bertz CT molecular complexity index is 306. The molecule has 0 aliphatic carbocycles. The molecule has 0 saturated heterocycles. The predicted molar refractivity (Wildman–Crippen MR) is 60.9 cm³/mol. The Morgan fingerprint density at radius 1 is 0.846 bits per heavy atom. The van der Waals surface area contributed by atoms with E-state index >= 15 is 0 Å². The zero-order chi connectivity index (χ0) is 10.2. The van der Waals surface area contributed by atoms with E-state index in [2.05, 4.69) is 0 Å². The molecule has 0 atom stereocenters.